The molecule has 1 rings (SSSR count). The summed E-state index contributed by atoms with van der Waals surface area (Å²) in [5, 5.41) is 42.9. The Bertz CT molecular complexity index is 249. The van der Waals surface area contributed by atoms with Crippen LogP contribution in [-0.2, 0) is 9.53 Å². The number of hydrogen-bond acceptors (Lipinski definition) is 8. The number of ether oxygens (including phenoxy) is 1. The highest BCUT2D eigenvalue weighted by atomic mass is 16.5. The summed E-state index contributed by atoms with van der Waals surface area (Å²) >= 11 is 0. The van der Waals surface area contributed by atoms with Gasteiger partial charge in [0.25, 0.3) is 0 Å². The fraction of sp³-hybridized carbons (Fsp3) is 0.833. The van der Waals surface area contributed by atoms with Crippen molar-refractivity contribution in [2.45, 2.75) is 18.9 Å². The second kappa shape index (κ2) is 22.8. The van der Waals surface area contributed by atoms with Gasteiger partial charge in [-0.3, -0.25) is 4.79 Å². The molecule has 1 aliphatic heterocycles. The summed E-state index contributed by atoms with van der Waals surface area (Å²) in [7, 11) is 0. The van der Waals surface area contributed by atoms with Gasteiger partial charge < -0.3 is 47.1 Å². The van der Waals surface area contributed by atoms with E-state index >= 15 is 0 Å². The van der Waals surface area contributed by atoms with E-state index in [0.29, 0.717) is 13.2 Å². The predicted molar refractivity (Wildman–Crippen MR) is 81.2 cm³/mol. The van der Waals surface area contributed by atoms with Crippen LogP contribution in [0, 0.1) is 0 Å². The van der Waals surface area contributed by atoms with Crippen LogP contribution < -0.4 is 16.8 Å². The van der Waals surface area contributed by atoms with Crippen molar-refractivity contribution in [3.05, 3.63) is 0 Å². The summed E-state index contributed by atoms with van der Waals surface area (Å²) in [6, 6.07) is -0.833. The fourth-order valence-electron chi connectivity index (χ4n) is 0.854. The lowest BCUT2D eigenvalue weighted by molar-refractivity contribution is -0.119. The first-order chi connectivity index (χ1) is 10.8. The number of aliphatic hydroxyl groups is 5. The zero-order valence-electron chi connectivity index (χ0n) is 13.1. The molecule has 1 aliphatic rings. The summed E-state index contributed by atoms with van der Waals surface area (Å²) in [5.41, 5.74) is 8.50. The first-order valence-electron chi connectivity index (χ1n) is 6.86. The molecule has 0 aromatic heterocycles. The molecule has 1 heterocycles. The molecule has 0 aliphatic carbocycles. The second-order valence-corrected chi connectivity index (χ2v) is 3.93. The summed E-state index contributed by atoms with van der Waals surface area (Å²) < 4.78 is 4.63. The van der Waals surface area contributed by atoms with Crippen LogP contribution in [0.1, 0.15) is 12.8 Å². The molecule has 1 saturated heterocycles. The maximum Gasteiger partial charge on any atom is 0.309 e. The summed E-state index contributed by atoms with van der Waals surface area (Å²) in [5.74, 6) is 0.204. The smallest absolute Gasteiger partial charge is 0.309 e. The minimum absolute atomic E-state index is 0.0278. The minimum atomic E-state index is -0.954. The molecule has 11 nitrogen and oxygen atoms in total. The number of aliphatic hydroxyl groups excluding tert-OH is 5. The number of rotatable bonds is 6. The van der Waals surface area contributed by atoms with Gasteiger partial charge in [0, 0.05) is 13.0 Å². The zero-order valence-corrected chi connectivity index (χ0v) is 13.1. The maximum atomic E-state index is 10.1. The second-order valence-electron chi connectivity index (χ2n) is 3.93. The van der Waals surface area contributed by atoms with Gasteiger partial charge in [0.15, 0.2) is 0 Å². The van der Waals surface area contributed by atoms with Crippen molar-refractivity contribution < 1.29 is 39.9 Å². The summed E-state index contributed by atoms with van der Waals surface area (Å²) in [6.07, 6.45) is 0.809. The molecule has 23 heavy (non-hydrogen) atoms. The third-order valence-electron chi connectivity index (χ3n) is 1.80. The van der Waals surface area contributed by atoms with E-state index < -0.39 is 12.1 Å². The number of nitrogens with two attached hydrogens (primary N) is 2. The summed E-state index contributed by atoms with van der Waals surface area (Å²) in [4.78, 5) is 19.1. The SMILES string of the molecule is NC(N)=O.O=C1CCCN1.OCC(O)CO.OCCOCCO. The molecule has 0 bridgehead atoms. The molecule has 11 heteroatoms. The van der Waals surface area contributed by atoms with Crippen molar-refractivity contribution >= 4 is 11.9 Å². The van der Waals surface area contributed by atoms with Gasteiger partial charge in [0.2, 0.25) is 5.91 Å². The van der Waals surface area contributed by atoms with Crippen LogP contribution >= 0.6 is 0 Å². The number of primary amides is 2. The molecule has 0 aromatic rings. The van der Waals surface area contributed by atoms with Crippen LogP contribution in [0.5, 0.6) is 0 Å². The average Bonchev–Trinajstić information content (AvgIpc) is 2.99. The highest BCUT2D eigenvalue weighted by molar-refractivity contribution is 5.77. The predicted octanol–water partition coefficient (Wildman–Crippen LogP) is -3.76. The third-order valence-corrected chi connectivity index (χ3v) is 1.80. The van der Waals surface area contributed by atoms with Crippen LogP contribution in [0.4, 0.5) is 4.79 Å². The number of urea groups is 1. The fourth-order valence-corrected chi connectivity index (χ4v) is 0.854. The molecule has 140 valence electrons. The monoisotopic (exact) mass is 343 g/mol. The highest BCUT2D eigenvalue weighted by Gasteiger charge is 2.05. The van der Waals surface area contributed by atoms with Gasteiger partial charge in [0.05, 0.1) is 39.6 Å². The molecule has 1 fully saturated rings. The van der Waals surface area contributed by atoms with Crippen molar-refractivity contribution in [3.8, 4) is 0 Å². The molecule has 3 amide bonds. The van der Waals surface area contributed by atoms with Crippen LogP contribution in [-0.4, -0.2) is 89.8 Å². The van der Waals surface area contributed by atoms with E-state index in [1.807, 2.05) is 0 Å². The molecule has 0 radical (unpaired) electrons. The Labute approximate surface area is 134 Å². The standard InChI is InChI=1S/C4H7NO.C4H10O3.C3H8O3.CH4N2O/c6-4-2-1-3-5-4;5-1-3-7-4-2-6;4-1-3(6)2-5;2-1(3)4/h1-3H2,(H,5,6);5-6H,1-4H2;3-6H,1-2H2;(H4,2,3,4). The highest BCUT2D eigenvalue weighted by Crippen LogP contribution is 1.93. The van der Waals surface area contributed by atoms with E-state index in [9.17, 15) is 4.79 Å². The number of hydrogen-bond donors (Lipinski definition) is 8. The summed E-state index contributed by atoms with van der Waals surface area (Å²) in [6.45, 7) is 0.854. The van der Waals surface area contributed by atoms with Crippen LogP contribution in [0.25, 0.3) is 0 Å². The zero-order chi connectivity index (χ0) is 18.5. The van der Waals surface area contributed by atoms with Crippen molar-refractivity contribution in [3.63, 3.8) is 0 Å². The van der Waals surface area contributed by atoms with E-state index in [2.05, 4.69) is 21.5 Å². The lowest BCUT2D eigenvalue weighted by Gasteiger charge is -1.96. The van der Waals surface area contributed by atoms with Crippen molar-refractivity contribution in [2.75, 3.05) is 46.2 Å². The third kappa shape index (κ3) is 38.5. The quantitative estimate of drug-likeness (QED) is 0.224. The molecular formula is C12H29N3O8. The maximum absolute atomic E-state index is 10.1. The van der Waals surface area contributed by atoms with E-state index in [1.54, 1.807) is 0 Å². The molecule has 0 atom stereocenters. The lowest BCUT2D eigenvalue weighted by atomic mass is 10.4. The number of amides is 3. The van der Waals surface area contributed by atoms with E-state index in [0.717, 1.165) is 19.4 Å². The lowest BCUT2D eigenvalue weighted by Crippen LogP contribution is -2.18. The van der Waals surface area contributed by atoms with Crippen molar-refractivity contribution in [1.29, 1.82) is 0 Å². The minimum Gasteiger partial charge on any atom is -0.394 e. The van der Waals surface area contributed by atoms with Gasteiger partial charge >= 0.3 is 6.03 Å². The number of carbonyl (C=O) groups excluding carboxylic acids is 2. The van der Waals surface area contributed by atoms with Crippen LogP contribution in [0.15, 0.2) is 0 Å². The molecule has 0 aromatic carbocycles. The van der Waals surface area contributed by atoms with Gasteiger partial charge in [-0.1, -0.05) is 0 Å². The average molecular weight is 343 g/mol. The molecule has 0 spiro atoms. The van der Waals surface area contributed by atoms with Gasteiger partial charge in [0.1, 0.15) is 6.10 Å². The van der Waals surface area contributed by atoms with Gasteiger partial charge in [-0.25, -0.2) is 4.79 Å². The Kier molecular flexibility index (Phi) is 26.1. The largest absolute Gasteiger partial charge is 0.394 e. The topological polar surface area (TPSA) is 209 Å². The van der Waals surface area contributed by atoms with Gasteiger partial charge in [-0.15, -0.1) is 0 Å². The molecule has 0 saturated carbocycles. The first kappa shape index (κ1) is 26.4. The van der Waals surface area contributed by atoms with Crippen molar-refractivity contribution in [1.82, 2.24) is 5.32 Å². The van der Waals surface area contributed by atoms with Gasteiger partial charge in [-0.2, -0.15) is 0 Å². The Balaban J connectivity index is -0.000000236. The van der Waals surface area contributed by atoms with E-state index in [4.69, 9.17) is 30.3 Å². The number of carbonyl (C=O) groups is 2. The van der Waals surface area contributed by atoms with E-state index in [1.165, 1.54) is 0 Å². The first-order valence-corrected chi connectivity index (χ1v) is 6.86. The normalized spacial score (nSPS) is 12.0. The van der Waals surface area contributed by atoms with Gasteiger partial charge in [-0.05, 0) is 6.42 Å². The molecule has 10 N–H and O–H groups in total. The Hall–Kier alpha value is -1.50. The van der Waals surface area contributed by atoms with Crippen LogP contribution in [0.2, 0.25) is 0 Å². The van der Waals surface area contributed by atoms with Crippen molar-refractivity contribution in [2.24, 2.45) is 11.5 Å². The molecule has 0 unspecified atom stereocenters. The van der Waals surface area contributed by atoms with Crippen LogP contribution in [0.3, 0.4) is 0 Å². The number of nitrogens with one attached hydrogen (secondary N) is 1. The molecular weight excluding hydrogens is 314 g/mol. The Morgan fingerprint density at radius 3 is 1.70 bits per heavy atom. The Morgan fingerprint density at radius 2 is 1.57 bits per heavy atom. The Morgan fingerprint density at radius 1 is 1.13 bits per heavy atom. The van der Waals surface area contributed by atoms with E-state index in [-0.39, 0.29) is 32.3 Å².